The minimum atomic E-state index is -0.210. The van der Waals surface area contributed by atoms with Crippen LogP contribution < -0.4 is 0 Å². The lowest BCUT2D eigenvalue weighted by atomic mass is 9.65. The minimum absolute atomic E-state index is 0.0831. The number of carbonyl (C=O) groups is 1. The third-order valence-corrected chi connectivity index (χ3v) is 7.63. The van der Waals surface area contributed by atoms with E-state index in [0.29, 0.717) is 6.61 Å². The fraction of sp³-hybridized carbons (Fsp3) is 0.960. The molecule has 2 fully saturated rings. The van der Waals surface area contributed by atoms with Crippen LogP contribution in [0.4, 0.5) is 0 Å². The molecule has 2 aliphatic rings. The molecule has 0 N–H and O–H groups in total. The van der Waals surface area contributed by atoms with Crippen LogP contribution in [-0.4, -0.2) is 12.6 Å². The van der Waals surface area contributed by atoms with Crippen molar-refractivity contribution in [3.05, 3.63) is 0 Å². The van der Waals surface area contributed by atoms with Crippen LogP contribution in [0.5, 0.6) is 0 Å². The normalized spacial score (nSPS) is 31.6. The summed E-state index contributed by atoms with van der Waals surface area (Å²) in [6, 6.07) is 0. The first-order chi connectivity index (χ1) is 13.1. The number of rotatable bonds is 11. The Morgan fingerprint density at radius 3 is 2.04 bits per heavy atom. The van der Waals surface area contributed by atoms with Crippen molar-refractivity contribution in [2.24, 2.45) is 23.2 Å². The Balaban J connectivity index is 1.64. The van der Waals surface area contributed by atoms with Crippen molar-refractivity contribution in [2.45, 2.75) is 124 Å². The van der Waals surface area contributed by atoms with E-state index in [0.717, 1.165) is 37.0 Å². The zero-order chi connectivity index (χ0) is 19.5. The number of carbonyl (C=O) groups excluding carboxylic acids is 1. The lowest BCUT2D eigenvalue weighted by Gasteiger charge is -2.41. The second-order valence-corrected chi connectivity index (χ2v) is 9.87. The van der Waals surface area contributed by atoms with E-state index in [1.165, 1.54) is 83.5 Å². The fourth-order valence-electron chi connectivity index (χ4n) is 5.44. The SMILES string of the molecule is CCCCCCCOC(=O)C1(C)CCC(C2CCC(CCCC)CC2)CC1. The molecule has 0 radical (unpaired) electrons. The van der Waals surface area contributed by atoms with Crippen molar-refractivity contribution in [1.82, 2.24) is 0 Å². The van der Waals surface area contributed by atoms with Gasteiger partial charge in [-0.25, -0.2) is 0 Å². The minimum Gasteiger partial charge on any atom is -0.465 e. The van der Waals surface area contributed by atoms with Crippen molar-refractivity contribution < 1.29 is 9.53 Å². The highest BCUT2D eigenvalue weighted by molar-refractivity contribution is 5.76. The van der Waals surface area contributed by atoms with E-state index in [1.807, 2.05) is 0 Å². The van der Waals surface area contributed by atoms with Gasteiger partial charge in [-0.15, -0.1) is 0 Å². The number of unbranched alkanes of at least 4 members (excludes halogenated alkanes) is 5. The average Bonchev–Trinajstić information content (AvgIpc) is 2.70. The Labute approximate surface area is 169 Å². The van der Waals surface area contributed by atoms with Crippen LogP contribution in [0.2, 0.25) is 0 Å². The molecule has 0 unspecified atom stereocenters. The summed E-state index contributed by atoms with van der Waals surface area (Å²) < 4.78 is 5.66. The Kier molecular flexibility index (Phi) is 10.2. The van der Waals surface area contributed by atoms with Gasteiger partial charge in [-0.2, -0.15) is 0 Å². The first-order valence-corrected chi connectivity index (χ1v) is 12.3. The third-order valence-electron chi connectivity index (χ3n) is 7.63. The van der Waals surface area contributed by atoms with Crippen molar-refractivity contribution in [3.63, 3.8) is 0 Å². The standard InChI is InChI=1S/C25H46O2/c1-4-6-8-9-10-20-27-24(26)25(3)18-16-23(17-19-25)22-14-12-21(13-15-22)11-7-5-2/h21-23H,4-20H2,1-3H3. The maximum Gasteiger partial charge on any atom is 0.311 e. The van der Waals surface area contributed by atoms with Gasteiger partial charge in [0.1, 0.15) is 0 Å². The van der Waals surface area contributed by atoms with Crippen molar-refractivity contribution in [1.29, 1.82) is 0 Å². The molecule has 27 heavy (non-hydrogen) atoms. The molecule has 2 rings (SSSR count). The molecular weight excluding hydrogens is 332 g/mol. The Bertz CT molecular complexity index is 401. The first kappa shape index (κ1) is 22.8. The molecule has 0 aromatic heterocycles. The summed E-state index contributed by atoms with van der Waals surface area (Å²) in [7, 11) is 0. The van der Waals surface area contributed by atoms with Crippen LogP contribution in [-0.2, 0) is 9.53 Å². The van der Waals surface area contributed by atoms with Crippen LogP contribution in [0.3, 0.4) is 0 Å². The van der Waals surface area contributed by atoms with Gasteiger partial charge in [-0.3, -0.25) is 4.79 Å². The average molecular weight is 379 g/mol. The highest BCUT2D eigenvalue weighted by atomic mass is 16.5. The van der Waals surface area contributed by atoms with Crippen LogP contribution in [0.25, 0.3) is 0 Å². The van der Waals surface area contributed by atoms with E-state index in [-0.39, 0.29) is 11.4 Å². The summed E-state index contributed by atoms with van der Waals surface area (Å²) in [5.74, 6) is 2.89. The lowest BCUT2D eigenvalue weighted by molar-refractivity contribution is -0.158. The van der Waals surface area contributed by atoms with Crippen molar-refractivity contribution >= 4 is 5.97 Å². The second kappa shape index (κ2) is 12.1. The molecule has 0 saturated heterocycles. The van der Waals surface area contributed by atoms with Gasteiger partial charge >= 0.3 is 5.97 Å². The quantitative estimate of drug-likeness (QED) is 0.272. The third kappa shape index (κ3) is 7.42. The molecule has 2 saturated carbocycles. The van der Waals surface area contributed by atoms with E-state index in [2.05, 4.69) is 20.8 Å². The van der Waals surface area contributed by atoms with Crippen LogP contribution in [0.1, 0.15) is 124 Å². The van der Waals surface area contributed by atoms with Gasteiger partial charge in [-0.1, -0.05) is 71.6 Å². The van der Waals surface area contributed by atoms with Gasteiger partial charge in [0.05, 0.1) is 12.0 Å². The smallest absolute Gasteiger partial charge is 0.311 e. The van der Waals surface area contributed by atoms with Crippen molar-refractivity contribution in [2.75, 3.05) is 6.61 Å². The lowest BCUT2D eigenvalue weighted by Crippen LogP contribution is -2.36. The fourth-order valence-corrected chi connectivity index (χ4v) is 5.44. The van der Waals surface area contributed by atoms with Crippen LogP contribution in [0.15, 0.2) is 0 Å². The monoisotopic (exact) mass is 378 g/mol. The molecule has 0 spiro atoms. The van der Waals surface area contributed by atoms with Crippen molar-refractivity contribution in [3.8, 4) is 0 Å². The summed E-state index contributed by atoms with van der Waals surface area (Å²) in [6.45, 7) is 7.32. The highest BCUT2D eigenvalue weighted by Crippen LogP contribution is 2.46. The Hall–Kier alpha value is -0.530. The van der Waals surface area contributed by atoms with E-state index in [1.54, 1.807) is 0 Å². The first-order valence-electron chi connectivity index (χ1n) is 12.3. The molecule has 0 aromatic rings. The molecule has 2 aliphatic carbocycles. The number of esters is 1. The molecule has 2 nitrogen and oxygen atoms in total. The maximum atomic E-state index is 12.6. The highest BCUT2D eigenvalue weighted by Gasteiger charge is 2.41. The molecule has 158 valence electrons. The maximum absolute atomic E-state index is 12.6. The summed E-state index contributed by atoms with van der Waals surface area (Å²) in [5.41, 5.74) is -0.210. The predicted molar refractivity (Wildman–Crippen MR) is 115 cm³/mol. The molecule has 0 heterocycles. The molecular formula is C25H46O2. The van der Waals surface area contributed by atoms with E-state index in [4.69, 9.17) is 4.74 Å². The summed E-state index contributed by atoms with van der Waals surface area (Å²) in [5, 5.41) is 0. The van der Waals surface area contributed by atoms with Gasteiger partial charge in [0.2, 0.25) is 0 Å². The molecule has 0 atom stereocenters. The van der Waals surface area contributed by atoms with E-state index < -0.39 is 0 Å². The summed E-state index contributed by atoms with van der Waals surface area (Å²) in [4.78, 5) is 12.6. The van der Waals surface area contributed by atoms with E-state index >= 15 is 0 Å². The van der Waals surface area contributed by atoms with E-state index in [9.17, 15) is 4.79 Å². The summed E-state index contributed by atoms with van der Waals surface area (Å²) >= 11 is 0. The number of hydrogen-bond acceptors (Lipinski definition) is 2. The molecule has 0 bridgehead atoms. The topological polar surface area (TPSA) is 26.3 Å². The Morgan fingerprint density at radius 2 is 1.41 bits per heavy atom. The Morgan fingerprint density at radius 1 is 0.815 bits per heavy atom. The zero-order valence-corrected chi connectivity index (χ0v) is 18.6. The van der Waals surface area contributed by atoms with Gasteiger partial charge in [0, 0.05) is 0 Å². The predicted octanol–water partition coefficient (Wildman–Crippen LogP) is 7.69. The molecule has 0 amide bonds. The van der Waals surface area contributed by atoms with Gasteiger partial charge in [0.25, 0.3) is 0 Å². The largest absolute Gasteiger partial charge is 0.465 e. The number of ether oxygens (including phenoxy) is 1. The zero-order valence-electron chi connectivity index (χ0n) is 18.6. The van der Waals surface area contributed by atoms with Gasteiger partial charge < -0.3 is 4.74 Å². The second-order valence-electron chi connectivity index (χ2n) is 9.87. The van der Waals surface area contributed by atoms with Gasteiger partial charge in [-0.05, 0) is 69.6 Å². The molecule has 0 aromatic carbocycles. The van der Waals surface area contributed by atoms with Crippen LogP contribution >= 0.6 is 0 Å². The van der Waals surface area contributed by atoms with Gasteiger partial charge in [0.15, 0.2) is 0 Å². The number of hydrogen-bond donors (Lipinski definition) is 0. The molecule has 0 aliphatic heterocycles. The summed E-state index contributed by atoms with van der Waals surface area (Å²) in [6.07, 6.45) is 20.6. The molecule has 2 heteroatoms. The van der Waals surface area contributed by atoms with Crippen LogP contribution in [0, 0.1) is 23.2 Å².